The fraction of sp³-hybridized carbons (Fsp3) is 0.364. The van der Waals surface area contributed by atoms with Gasteiger partial charge >= 0.3 is 0 Å². The van der Waals surface area contributed by atoms with E-state index in [9.17, 15) is 13.5 Å². The van der Waals surface area contributed by atoms with Gasteiger partial charge in [-0.25, -0.2) is 0 Å². The van der Waals surface area contributed by atoms with E-state index in [-0.39, 0.29) is 6.54 Å². The van der Waals surface area contributed by atoms with E-state index in [0.29, 0.717) is 5.02 Å². The smallest absolute Gasteiger partial charge is 0.267 e. The van der Waals surface area contributed by atoms with Crippen LogP contribution in [-0.4, -0.2) is 29.9 Å². The molecule has 1 atom stereocenters. The van der Waals surface area contributed by atoms with Gasteiger partial charge < -0.3 is 5.11 Å². The van der Waals surface area contributed by atoms with Crippen molar-refractivity contribution in [3.63, 3.8) is 0 Å². The van der Waals surface area contributed by atoms with Gasteiger partial charge in [-0.3, -0.25) is 4.55 Å². The van der Waals surface area contributed by atoms with E-state index in [2.05, 4.69) is 0 Å². The normalized spacial score (nSPS) is 13.9. The molecule has 8 heteroatoms. The van der Waals surface area contributed by atoms with Crippen LogP contribution in [-0.2, 0) is 16.7 Å². The standard InChI is InChI=1S/C11H12ClNO4S2/c1-7-13(5-9(14)6-19(15,16)17)10-4-8(12)2-3-11(10)18-7/h2-4,9,14H,5-6H2,1H3/p+1/t9-/m1/s1. The van der Waals surface area contributed by atoms with Gasteiger partial charge in [0.05, 0.1) is 0 Å². The number of fused-ring (bicyclic) bond motifs is 1. The highest BCUT2D eigenvalue weighted by atomic mass is 35.5. The van der Waals surface area contributed by atoms with Gasteiger partial charge in [-0.2, -0.15) is 13.0 Å². The molecule has 0 bridgehead atoms. The third kappa shape index (κ3) is 3.64. The summed E-state index contributed by atoms with van der Waals surface area (Å²) in [4.78, 5) is 0. The van der Waals surface area contributed by atoms with Crippen LogP contribution in [0.5, 0.6) is 0 Å². The Morgan fingerprint density at radius 2 is 2.16 bits per heavy atom. The van der Waals surface area contributed by atoms with Crippen LogP contribution < -0.4 is 4.57 Å². The molecule has 0 aliphatic heterocycles. The summed E-state index contributed by atoms with van der Waals surface area (Å²) in [5, 5.41) is 11.2. The number of thiazole rings is 1. The van der Waals surface area contributed by atoms with Crippen molar-refractivity contribution >= 4 is 43.3 Å². The third-order valence-corrected chi connectivity index (χ3v) is 4.77. The molecule has 1 aromatic heterocycles. The second kappa shape index (κ2) is 5.34. The Morgan fingerprint density at radius 1 is 1.47 bits per heavy atom. The van der Waals surface area contributed by atoms with Gasteiger partial charge in [-0.15, -0.1) is 0 Å². The Bertz CT molecular complexity index is 711. The quantitative estimate of drug-likeness (QED) is 0.659. The van der Waals surface area contributed by atoms with Crippen LogP contribution in [0.25, 0.3) is 10.2 Å². The number of hydrogen-bond donors (Lipinski definition) is 2. The van der Waals surface area contributed by atoms with E-state index in [1.165, 1.54) is 11.3 Å². The fourth-order valence-electron chi connectivity index (χ4n) is 1.91. The molecule has 2 rings (SSSR count). The van der Waals surface area contributed by atoms with Gasteiger partial charge in [0.2, 0.25) is 10.5 Å². The molecule has 0 fully saturated rings. The molecule has 19 heavy (non-hydrogen) atoms. The van der Waals surface area contributed by atoms with Crippen molar-refractivity contribution in [3.05, 3.63) is 28.2 Å². The predicted octanol–water partition coefficient (Wildman–Crippen LogP) is 1.40. The summed E-state index contributed by atoms with van der Waals surface area (Å²) in [6.45, 7) is 1.96. The highest BCUT2D eigenvalue weighted by molar-refractivity contribution is 7.85. The molecular weight excluding hydrogens is 310 g/mol. The van der Waals surface area contributed by atoms with Crippen LogP contribution >= 0.6 is 22.9 Å². The van der Waals surface area contributed by atoms with Gasteiger partial charge in [-0.1, -0.05) is 22.9 Å². The summed E-state index contributed by atoms with van der Waals surface area (Å²) < 4.78 is 33.0. The molecule has 0 aliphatic rings. The SMILES string of the molecule is Cc1sc2ccc(Cl)cc2[n+]1C[C@@H](O)CS(=O)(=O)O. The number of aliphatic hydroxyl groups is 1. The Morgan fingerprint density at radius 3 is 2.79 bits per heavy atom. The van der Waals surface area contributed by atoms with Crippen molar-refractivity contribution in [2.45, 2.75) is 19.6 Å². The number of benzene rings is 1. The first-order chi connectivity index (χ1) is 8.76. The Labute approximate surface area is 119 Å². The van der Waals surface area contributed by atoms with Crippen LogP contribution in [0.2, 0.25) is 5.02 Å². The molecule has 0 saturated heterocycles. The lowest BCUT2D eigenvalue weighted by atomic mass is 10.3. The summed E-state index contributed by atoms with van der Waals surface area (Å²) in [6.07, 6.45) is -1.17. The van der Waals surface area contributed by atoms with Gasteiger partial charge in [0, 0.05) is 18.0 Å². The minimum atomic E-state index is -4.19. The minimum Gasteiger partial charge on any atom is -0.385 e. The van der Waals surface area contributed by atoms with Crippen molar-refractivity contribution in [1.29, 1.82) is 0 Å². The molecule has 0 spiro atoms. The molecule has 0 saturated carbocycles. The Hall–Kier alpha value is -0.730. The largest absolute Gasteiger partial charge is 0.385 e. The van der Waals surface area contributed by atoms with Crippen molar-refractivity contribution in [2.75, 3.05) is 5.75 Å². The number of nitrogens with zero attached hydrogens (tertiary/aromatic N) is 1. The number of aliphatic hydroxyl groups excluding tert-OH is 1. The van der Waals surface area contributed by atoms with E-state index in [0.717, 1.165) is 15.2 Å². The van der Waals surface area contributed by atoms with Gasteiger partial charge in [0.15, 0.2) is 6.54 Å². The van der Waals surface area contributed by atoms with Crippen molar-refractivity contribution < 1.29 is 22.6 Å². The maximum Gasteiger partial charge on any atom is 0.267 e. The summed E-state index contributed by atoms with van der Waals surface area (Å²) in [5.41, 5.74) is 0.837. The summed E-state index contributed by atoms with van der Waals surface area (Å²) in [5.74, 6) is -0.683. The summed E-state index contributed by atoms with van der Waals surface area (Å²) >= 11 is 7.46. The van der Waals surface area contributed by atoms with Gasteiger partial charge in [0.1, 0.15) is 16.6 Å². The highest BCUT2D eigenvalue weighted by Gasteiger charge is 2.24. The molecule has 0 radical (unpaired) electrons. The second-order valence-corrected chi connectivity index (χ2v) is 7.41. The molecule has 0 amide bonds. The zero-order valence-electron chi connectivity index (χ0n) is 10.1. The maximum absolute atomic E-state index is 10.7. The zero-order chi connectivity index (χ0) is 14.2. The van der Waals surface area contributed by atoms with Gasteiger partial charge in [-0.05, 0) is 12.1 Å². The van der Waals surface area contributed by atoms with Crippen LogP contribution in [0.3, 0.4) is 0 Å². The van der Waals surface area contributed by atoms with E-state index in [4.69, 9.17) is 16.2 Å². The average Bonchev–Trinajstić information content (AvgIpc) is 2.53. The minimum absolute atomic E-state index is 0.0893. The molecule has 0 aliphatic carbocycles. The number of hydrogen-bond acceptors (Lipinski definition) is 4. The maximum atomic E-state index is 10.7. The van der Waals surface area contributed by atoms with Crippen molar-refractivity contribution in [3.8, 4) is 0 Å². The molecule has 1 heterocycles. The molecule has 5 nitrogen and oxygen atoms in total. The van der Waals surface area contributed by atoms with E-state index in [1.807, 2.05) is 13.0 Å². The molecule has 104 valence electrons. The Kier molecular flexibility index (Phi) is 4.12. The first-order valence-electron chi connectivity index (χ1n) is 5.48. The van der Waals surface area contributed by atoms with E-state index in [1.54, 1.807) is 16.7 Å². The molecule has 1 aromatic carbocycles. The van der Waals surface area contributed by atoms with Crippen LogP contribution in [0.4, 0.5) is 0 Å². The average molecular weight is 323 g/mol. The van der Waals surface area contributed by atoms with Crippen LogP contribution in [0.1, 0.15) is 5.01 Å². The fourth-order valence-corrected chi connectivity index (χ4v) is 3.67. The number of halogens is 1. The highest BCUT2D eigenvalue weighted by Crippen LogP contribution is 2.23. The third-order valence-electron chi connectivity index (χ3n) is 2.65. The zero-order valence-corrected chi connectivity index (χ0v) is 12.5. The monoisotopic (exact) mass is 322 g/mol. The first kappa shape index (κ1) is 14.7. The summed E-state index contributed by atoms with van der Waals surface area (Å²) in [6, 6.07) is 5.42. The second-order valence-electron chi connectivity index (χ2n) is 4.25. The van der Waals surface area contributed by atoms with E-state index < -0.39 is 22.0 Å². The lowest BCUT2D eigenvalue weighted by molar-refractivity contribution is -0.679. The number of aryl methyl sites for hydroxylation is 1. The van der Waals surface area contributed by atoms with Crippen LogP contribution in [0.15, 0.2) is 18.2 Å². The van der Waals surface area contributed by atoms with E-state index >= 15 is 0 Å². The lowest BCUT2D eigenvalue weighted by Gasteiger charge is -2.05. The number of rotatable bonds is 4. The molecular formula is C11H13ClNO4S2+. The molecule has 0 unspecified atom stereocenters. The first-order valence-corrected chi connectivity index (χ1v) is 8.28. The Balaban J connectivity index is 2.34. The molecule has 2 N–H and O–H groups in total. The lowest BCUT2D eigenvalue weighted by Crippen LogP contribution is -2.43. The van der Waals surface area contributed by atoms with Crippen molar-refractivity contribution in [2.24, 2.45) is 0 Å². The molecule has 2 aromatic rings. The van der Waals surface area contributed by atoms with Gasteiger partial charge in [0.25, 0.3) is 10.1 Å². The van der Waals surface area contributed by atoms with Crippen LogP contribution in [0, 0.1) is 6.92 Å². The topological polar surface area (TPSA) is 78.5 Å². The predicted molar refractivity (Wildman–Crippen MR) is 74.2 cm³/mol. The number of aromatic nitrogens is 1. The van der Waals surface area contributed by atoms with Crippen molar-refractivity contribution in [1.82, 2.24) is 0 Å². The summed E-state index contributed by atoms with van der Waals surface area (Å²) in [7, 11) is -4.19.